The molecule has 2 aromatic heterocycles. The molecule has 7 N–H and O–H groups in total. The van der Waals surface area contributed by atoms with Crippen molar-refractivity contribution in [1.82, 2.24) is 24.8 Å². The number of nitrogen functional groups attached to an aromatic ring is 1. The highest BCUT2D eigenvalue weighted by molar-refractivity contribution is 5.98. The number of amidine groups is 1. The predicted molar refractivity (Wildman–Crippen MR) is 176 cm³/mol. The maximum absolute atomic E-state index is 7.63. The van der Waals surface area contributed by atoms with Gasteiger partial charge in [0.15, 0.2) is 0 Å². The van der Waals surface area contributed by atoms with Crippen LogP contribution in [-0.4, -0.2) is 64.0 Å². The van der Waals surface area contributed by atoms with E-state index in [1.165, 1.54) is 0 Å². The Morgan fingerprint density at radius 1 is 0.727 bits per heavy atom. The number of hydrogen-bond acceptors (Lipinski definition) is 7. The Balaban J connectivity index is 0.943. The van der Waals surface area contributed by atoms with Gasteiger partial charge in [0.25, 0.3) is 0 Å². The number of benzene rings is 4. The molecule has 0 saturated heterocycles. The van der Waals surface area contributed by atoms with Gasteiger partial charge in [0.05, 0.1) is 22.1 Å². The molecular weight excluding hydrogens is 552 g/mol. The van der Waals surface area contributed by atoms with Gasteiger partial charge in [0, 0.05) is 35.5 Å². The monoisotopic (exact) mass is 586 g/mol. The number of aromatic nitrogens is 4. The number of imidazole rings is 2. The normalized spacial score (nSPS) is 11.3. The molecule has 0 aliphatic rings. The van der Waals surface area contributed by atoms with Crippen molar-refractivity contribution in [3.63, 3.8) is 0 Å². The van der Waals surface area contributed by atoms with E-state index in [1.54, 1.807) is 6.07 Å². The van der Waals surface area contributed by atoms with Crippen molar-refractivity contribution in [3.8, 4) is 34.3 Å². The van der Waals surface area contributed by atoms with Gasteiger partial charge in [-0.3, -0.25) is 10.3 Å². The van der Waals surface area contributed by atoms with Crippen molar-refractivity contribution in [3.05, 3.63) is 103 Å². The van der Waals surface area contributed by atoms with Crippen molar-refractivity contribution >= 4 is 33.6 Å². The number of ether oxygens (including phenoxy) is 2. The molecule has 0 aliphatic heterocycles. The van der Waals surface area contributed by atoms with Crippen molar-refractivity contribution in [1.29, 1.82) is 5.41 Å². The van der Waals surface area contributed by atoms with Crippen LogP contribution in [0.15, 0.2) is 91.5 Å². The molecule has 0 amide bonds. The van der Waals surface area contributed by atoms with E-state index in [2.05, 4.69) is 31.4 Å². The molecule has 0 aliphatic carbocycles. The molecule has 222 valence electrons. The standard InChI is InChI=1S/C34H34N8O2/c1-21(35)24-7-13-28-30(19-24)40-33(38-28)22-3-9-26(10-4-22)43-17-15-42(2)16-18-44-27-11-5-23(6-12-27)34-39-29-14-8-25(32(36)37)20-31(29)41-34/h3-14,19-20H,1,15-18,35H2,2H3,(H3,36,37)(H,38,40)(H,39,41). The van der Waals surface area contributed by atoms with Crippen LogP contribution in [0.5, 0.6) is 11.5 Å². The zero-order valence-corrected chi connectivity index (χ0v) is 24.4. The molecule has 44 heavy (non-hydrogen) atoms. The minimum atomic E-state index is 0.0311. The number of H-pyrrole nitrogens is 2. The van der Waals surface area contributed by atoms with Gasteiger partial charge in [-0.15, -0.1) is 0 Å². The second kappa shape index (κ2) is 12.3. The second-order valence-corrected chi connectivity index (χ2v) is 10.6. The number of likely N-dealkylation sites (N-methyl/N-ethyl adjacent to an activating group) is 1. The zero-order chi connectivity index (χ0) is 30.6. The molecule has 6 aromatic rings. The van der Waals surface area contributed by atoms with Gasteiger partial charge in [0.2, 0.25) is 0 Å². The molecule has 0 unspecified atom stereocenters. The molecule has 10 nitrogen and oxygen atoms in total. The van der Waals surface area contributed by atoms with Crippen molar-refractivity contribution in [2.24, 2.45) is 11.5 Å². The summed E-state index contributed by atoms with van der Waals surface area (Å²) < 4.78 is 11.9. The first kappa shape index (κ1) is 28.5. The first-order valence-corrected chi connectivity index (χ1v) is 14.3. The van der Waals surface area contributed by atoms with Crippen LogP contribution < -0.4 is 20.9 Å². The second-order valence-electron chi connectivity index (χ2n) is 10.6. The Morgan fingerprint density at radius 3 is 1.64 bits per heavy atom. The van der Waals surface area contributed by atoms with Crippen LogP contribution in [0.1, 0.15) is 11.1 Å². The Kier molecular flexibility index (Phi) is 7.98. The third-order valence-electron chi connectivity index (χ3n) is 7.38. The van der Waals surface area contributed by atoms with E-state index in [9.17, 15) is 0 Å². The summed E-state index contributed by atoms with van der Waals surface area (Å²) in [6, 6.07) is 27.1. The van der Waals surface area contributed by atoms with E-state index in [0.29, 0.717) is 24.5 Å². The SMILES string of the molecule is C=C(N)c1ccc2nc(-c3ccc(OCCN(C)CCOc4ccc(-c5nc6ccc(C(=N)N)cc6[nH]5)cc4)cc3)[nH]c2c1. The molecule has 0 atom stereocenters. The molecule has 10 heteroatoms. The van der Waals surface area contributed by atoms with Gasteiger partial charge >= 0.3 is 0 Å². The van der Waals surface area contributed by atoms with Gasteiger partial charge in [0.1, 0.15) is 42.2 Å². The summed E-state index contributed by atoms with van der Waals surface area (Å²) in [5, 5.41) is 7.63. The van der Waals surface area contributed by atoms with Crippen LogP contribution in [-0.2, 0) is 0 Å². The maximum Gasteiger partial charge on any atom is 0.138 e. The van der Waals surface area contributed by atoms with Gasteiger partial charge < -0.3 is 30.9 Å². The number of nitrogens with two attached hydrogens (primary N) is 2. The lowest BCUT2D eigenvalue weighted by atomic mass is 10.1. The molecule has 0 fully saturated rings. The molecular formula is C34H34N8O2. The fraction of sp³-hybridized carbons (Fsp3) is 0.147. The summed E-state index contributed by atoms with van der Waals surface area (Å²) >= 11 is 0. The third-order valence-corrected chi connectivity index (χ3v) is 7.38. The lowest BCUT2D eigenvalue weighted by Gasteiger charge is -2.17. The Labute approximate surface area is 254 Å². The minimum absolute atomic E-state index is 0.0311. The lowest BCUT2D eigenvalue weighted by Crippen LogP contribution is -2.28. The van der Waals surface area contributed by atoms with Crippen LogP contribution in [0.4, 0.5) is 0 Å². The summed E-state index contributed by atoms with van der Waals surface area (Å²) in [5.41, 5.74) is 18.9. The maximum atomic E-state index is 7.63. The Bertz CT molecular complexity index is 1800. The fourth-order valence-corrected chi connectivity index (χ4v) is 4.83. The molecule has 0 radical (unpaired) electrons. The largest absolute Gasteiger partial charge is 0.492 e. The van der Waals surface area contributed by atoms with Gasteiger partial charge in [-0.1, -0.05) is 12.6 Å². The lowest BCUT2D eigenvalue weighted by molar-refractivity contribution is 0.202. The summed E-state index contributed by atoms with van der Waals surface area (Å²) in [6.45, 7) is 6.45. The van der Waals surface area contributed by atoms with Crippen LogP contribution >= 0.6 is 0 Å². The highest BCUT2D eigenvalue weighted by atomic mass is 16.5. The average Bonchev–Trinajstić information content (AvgIpc) is 3.65. The van der Waals surface area contributed by atoms with Crippen LogP contribution in [0.25, 0.3) is 50.5 Å². The quantitative estimate of drug-likeness (QED) is 0.0953. The number of nitrogens with zero attached hydrogens (tertiary/aromatic N) is 3. The summed E-state index contributed by atoms with van der Waals surface area (Å²) in [6.07, 6.45) is 0. The molecule has 2 heterocycles. The number of hydrogen-bond donors (Lipinski definition) is 5. The smallest absolute Gasteiger partial charge is 0.138 e. The molecule has 0 saturated carbocycles. The fourth-order valence-electron chi connectivity index (χ4n) is 4.83. The van der Waals surface area contributed by atoms with E-state index < -0.39 is 0 Å². The van der Waals surface area contributed by atoms with Crippen molar-refractivity contribution < 1.29 is 9.47 Å². The van der Waals surface area contributed by atoms with Gasteiger partial charge in [-0.25, -0.2) is 9.97 Å². The van der Waals surface area contributed by atoms with Crippen LogP contribution in [0.3, 0.4) is 0 Å². The highest BCUT2D eigenvalue weighted by Gasteiger charge is 2.09. The summed E-state index contributed by atoms with van der Waals surface area (Å²) in [7, 11) is 2.05. The predicted octanol–water partition coefficient (Wildman–Crippen LogP) is 5.38. The zero-order valence-electron chi connectivity index (χ0n) is 24.4. The van der Waals surface area contributed by atoms with Crippen LogP contribution in [0.2, 0.25) is 0 Å². The number of aromatic amines is 2. The topological polar surface area (TPSA) is 155 Å². The van der Waals surface area contributed by atoms with E-state index in [0.717, 1.165) is 75.0 Å². The average molecular weight is 587 g/mol. The molecule has 0 bridgehead atoms. The highest BCUT2D eigenvalue weighted by Crippen LogP contribution is 2.25. The third kappa shape index (κ3) is 6.40. The molecule has 0 spiro atoms. The summed E-state index contributed by atoms with van der Waals surface area (Å²) in [5.74, 6) is 3.18. The van der Waals surface area contributed by atoms with Gasteiger partial charge in [-0.05, 0) is 91.5 Å². The molecule has 6 rings (SSSR count). The van der Waals surface area contributed by atoms with E-state index >= 15 is 0 Å². The van der Waals surface area contributed by atoms with E-state index in [1.807, 2.05) is 85.9 Å². The van der Waals surface area contributed by atoms with Crippen molar-refractivity contribution in [2.45, 2.75) is 0 Å². The first-order valence-electron chi connectivity index (χ1n) is 14.3. The number of nitrogens with one attached hydrogen (secondary N) is 3. The number of fused-ring (bicyclic) bond motifs is 2. The van der Waals surface area contributed by atoms with Gasteiger partial charge in [-0.2, -0.15) is 0 Å². The van der Waals surface area contributed by atoms with E-state index in [-0.39, 0.29) is 5.84 Å². The van der Waals surface area contributed by atoms with E-state index in [4.69, 9.17) is 26.4 Å². The van der Waals surface area contributed by atoms with Crippen molar-refractivity contribution in [2.75, 3.05) is 33.4 Å². The Hall–Kier alpha value is -5.61. The van der Waals surface area contributed by atoms with Crippen LogP contribution in [0, 0.1) is 5.41 Å². The minimum Gasteiger partial charge on any atom is -0.492 e. The molecule has 4 aromatic carbocycles. The Morgan fingerprint density at radius 2 is 1.18 bits per heavy atom. The summed E-state index contributed by atoms with van der Waals surface area (Å²) in [4.78, 5) is 18.2. The number of rotatable bonds is 12. The first-order chi connectivity index (χ1) is 21.3.